The van der Waals surface area contributed by atoms with Gasteiger partial charge in [-0.15, -0.1) is 0 Å². The van der Waals surface area contributed by atoms with E-state index in [1.54, 1.807) is 0 Å². The highest BCUT2D eigenvalue weighted by Crippen LogP contribution is 2.25. The van der Waals surface area contributed by atoms with Crippen molar-refractivity contribution in [1.29, 1.82) is 0 Å². The standard InChI is InChI=1S/C15H14N2O/c1-9-4-6-13-12(8-9)5-7-14(17-13)15-10(2)16-11(3)18-15/h4-8H,1-3H3. The molecule has 0 N–H and O–H groups in total. The molecule has 0 bridgehead atoms. The fourth-order valence-electron chi connectivity index (χ4n) is 2.14. The minimum absolute atomic E-state index is 0.674. The minimum atomic E-state index is 0.674. The maximum absolute atomic E-state index is 5.60. The number of fused-ring (bicyclic) bond motifs is 1. The largest absolute Gasteiger partial charge is 0.439 e. The van der Waals surface area contributed by atoms with E-state index >= 15 is 0 Å². The van der Waals surface area contributed by atoms with Crippen LogP contribution in [0.4, 0.5) is 0 Å². The molecule has 3 nitrogen and oxygen atoms in total. The topological polar surface area (TPSA) is 38.9 Å². The third kappa shape index (κ3) is 1.78. The van der Waals surface area contributed by atoms with Crippen LogP contribution in [0.2, 0.25) is 0 Å². The minimum Gasteiger partial charge on any atom is -0.439 e. The van der Waals surface area contributed by atoms with Crippen LogP contribution in [0.25, 0.3) is 22.4 Å². The van der Waals surface area contributed by atoms with E-state index in [0.29, 0.717) is 5.89 Å². The SMILES string of the molecule is Cc1ccc2nc(-c3oc(C)nc3C)ccc2c1. The Balaban J connectivity index is 2.19. The third-order valence-electron chi connectivity index (χ3n) is 2.98. The molecule has 1 aromatic carbocycles. The monoisotopic (exact) mass is 238 g/mol. The molecule has 90 valence electrons. The van der Waals surface area contributed by atoms with Gasteiger partial charge < -0.3 is 4.42 Å². The zero-order chi connectivity index (χ0) is 12.7. The Morgan fingerprint density at radius 2 is 1.78 bits per heavy atom. The molecule has 2 aromatic heterocycles. The summed E-state index contributed by atoms with van der Waals surface area (Å²) in [5.41, 5.74) is 3.94. The number of pyridine rings is 1. The fourth-order valence-corrected chi connectivity index (χ4v) is 2.14. The molecule has 3 aromatic rings. The van der Waals surface area contributed by atoms with Crippen molar-refractivity contribution in [3.63, 3.8) is 0 Å². The van der Waals surface area contributed by atoms with Crippen LogP contribution < -0.4 is 0 Å². The highest BCUT2D eigenvalue weighted by molar-refractivity contribution is 5.81. The van der Waals surface area contributed by atoms with E-state index in [4.69, 9.17) is 4.42 Å². The van der Waals surface area contributed by atoms with Crippen LogP contribution in [-0.4, -0.2) is 9.97 Å². The highest BCUT2D eigenvalue weighted by atomic mass is 16.4. The lowest BCUT2D eigenvalue weighted by Crippen LogP contribution is -1.86. The van der Waals surface area contributed by atoms with Crippen LogP contribution in [0, 0.1) is 20.8 Å². The normalized spacial score (nSPS) is 11.1. The van der Waals surface area contributed by atoms with Crippen molar-refractivity contribution in [1.82, 2.24) is 9.97 Å². The Kier molecular flexibility index (Phi) is 2.40. The van der Waals surface area contributed by atoms with E-state index in [1.807, 2.05) is 26.0 Å². The van der Waals surface area contributed by atoms with Gasteiger partial charge in [0.2, 0.25) is 0 Å². The molecule has 18 heavy (non-hydrogen) atoms. The van der Waals surface area contributed by atoms with E-state index in [9.17, 15) is 0 Å². The van der Waals surface area contributed by atoms with Gasteiger partial charge in [0, 0.05) is 12.3 Å². The van der Waals surface area contributed by atoms with Crippen molar-refractivity contribution in [2.45, 2.75) is 20.8 Å². The summed E-state index contributed by atoms with van der Waals surface area (Å²) in [7, 11) is 0. The Hall–Kier alpha value is -2.16. The first-order valence-electron chi connectivity index (χ1n) is 5.95. The number of nitrogens with zero attached hydrogens (tertiary/aromatic N) is 2. The average molecular weight is 238 g/mol. The summed E-state index contributed by atoms with van der Waals surface area (Å²) in [6.45, 7) is 5.87. The molecule has 0 saturated heterocycles. The van der Waals surface area contributed by atoms with E-state index in [2.05, 4.69) is 35.1 Å². The molecular formula is C15H14N2O. The van der Waals surface area contributed by atoms with Gasteiger partial charge in [-0.25, -0.2) is 9.97 Å². The summed E-state index contributed by atoms with van der Waals surface area (Å²) in [4.78, 5) is 8.90. The number of benzene rings is 1. The highest BCUT2D eigenvalue weighted by Gasteiger charge is 2.11. The molecule has 2 heterocycles. The molecule has 0 saturated carbocycles. The maximum atomic E-state index is 5.60. The molecule has 3 rings (SSSR count). The van der Waals surface area contributed by atoms with Crippen LogP contribution in [0.1, 0.15) is 17.1 Å². The lowest BCUT2D eigenvalue weighted by molar-refractivity contribution is 0.532. The quantitative estimate of drug-likeness (QED) is 0.647. The molecule has 0 atom stereocenters. The molecule has 0 fully saturated rings. The summed E-state index contributed by atoms with van der Waals surface area (Å²) < 4.78 is 5.60. The molecule has 3 heteroatoms. The average Bonchev–Trinajstić information content (AvgIpc) is 2.68. The number of hydrogen-bond donors (Lipinski definition) is 0. The summed E-state index contributed by atoms with van der Waals surface area (Å²) in [5, 5.41) is 1.15. The van der Waals surface area contributed by atoms with Crippen molar-refractivity contribution in [2.24, 2.45) is 0 Å². The van der Waals surface area contributed by atoms with Gasteiger partial charge in [0.1, 0.15) is 5.69 Å². The number of oxazole rings is 1. The Labute approximate surface area is 105 Å². The molecule has 0 amide bonds. The second kappa shape index (κ2) is 3.95. The summed E-state index contributed by atoms with van der Waals surface area (Å²) in [6, 6.07) is 10.3. The Morgan fingerprint density at radius 3 is 2.50 bits per heavy atom. The second-order valence-electron chi connectivity index (χ2n) is 4.54. The van der Waals surface area contributed by atoms with Gasteiger partial charge in [0.05, 0.1) is 11.2 Å². The van der Waals surface area contributed by atoms with Crippen LogP contribution in [0.15, 0.2) is 34.7 Å². The molecule has 0 unspecified atom stereocenters. The zero-order valence-corrected chi connectivity index (χ0v) is 10.7. The van der Waals surface area contributed by atoms with Crippen LogP contribution in [0.5, 0.6) is 0 Å². The summed E-state index contributed by atoms with van der Waals surface area (Å²) in [6.07, 6.45) is 0. The van der Waals surface area contributed by atoms with Gasteiger partial charge in [-0.1, -0.05) is 17.7 Å². The van der Waals surface area contributed by atoms with Crippen molar-refractivity contribution in [3.05, 3.63) is 47.5 Å². The lowest BCUT2D eigenvalue weighted by Gasteiger charge is -2.02. The molecule has 0 spiro atoms. The smallest absolute Gasteiger partial charge is 0.192 e. The van der Waals surface area contributed by atoms with E-state index in [1.165, 1.54) is 5.56 Å². The Morgan fingerprint density at radius 1 is 0.944 bits per heavy atom. The zero-order valence-electron chi connectivity index (χ0n) is 10.7. The van der Waals surface area contributed by atoms with Gasteiger partial charge in [-0.3, -0.25) is 0 Å². The van der Waals surface area contributed by atoms with Crippen molar-refractivity contribution in [2.75, 3.05) is 0 Å². The number of rotatable bonds is 1. The van der Waals surface area contributed by atoms with E-state index in [0.717, 1.165) is 28.1 Å². The van der Waals surface area contributed by atoms with Crippen molar-refractivity contribution in [3.8, 4) is 11.5 Å². The van der Waals surface area contributed by atoms with Gasteiger partial charge in [0.15, 0.2) is 11.7 Å². The second-order valence-corrected chi connectivity index (χ2v) is 4.54. The van der Waals surface area contributed by atoms with Crippen molar-refractivity contribution < 1.29 is 4.42 Å². The fraction of sp³-hybridized carbons (Fsp3) is 0.200. The number of aryl methyl sites for hydroxylation is 3. The first-order valence-corrected chi connectivity index (χ1v) is 5.95. The first kappa shape index (κ1) is 11.0. The molecule has 0 aliphatic heterocycles. The third-order valence-corrected chi connectivity index (χ3v) is 2.98. The molecule has 0 radical (unpaired) electrons. The van der Waals surface area contributed by atoms with Crippen LogP contribution >= 0.6 is 0 Å². The van der Waals surface area contributed by atoms with Crippen LogP contribution in [0.3, 0.4) is 0 Å². The number of aromatic nitrogens is 2. The predicted octanol–water partition coefficient (Wildman–Crippen LogP) is 3.82. The summed E-state index contributed by atoms with van der Waals surface area (Å²) >= 11 is 0. The molecular weight excluding hydrogens is 224 g/mol. The van der Waals surface area contributed by atoms with Gasteiger partial charge >= 0.3 is 0 Å². The maximum Gasteiger partial charge on any atom is 0.192 e. The summed E-state index contributed by atoms with van der Waals surface area (Å²) in [5.74, 6) is 1.43. The lowest BCUT2D eigenvalue weighted by atomic mass is 10.1. The van der Waals surface area contributed by atoms with Crippen molar-refractivity contribution >= 4 is 10.9 Å². The van der Waals surface area contributed by atoms with Gasteiger partial charge in [-0.05, 0) is 32.0 Å². The van der Waals surface area contributed by atoms with Crippen LogP contribution in [-0.2, 0) is 0 Å². The Bertz CT molecular complexity index is 728. The van der Waals surface area contributed by atoms with E-state index in [-0.39, 0.29) is 0 Å². The van der Waals surface area contributed by atoms with Gasteiger partial charge in [-0.2, -0.15) is 0 Å². The molecule has 0 aliphatic carbocycles. The van der Waals surface area contributed by atoms with E-state index < -0.39 is 0 Å². The van der Waals surface area contributed by atoms with Gasteiger partial charge in [0.25, 0.3) is 0 Å². The first-order chi connectivity index (χ1) is 8.63. The molecule has 0 aliphatic rings. The number of hydrogen-bond acceptors (Lipinski definition) is 3. The predicted molar refractivity (Wildman–Crippen MR) is 71.5 cm³/mol.